The van der Waals surface area contributed by atoms with Gasteiger partial charge in [0.1, 0.15) is 0 Å². The Morgan fingerprint density at radius 2 is 1.58 bits per heavy atom. The molecule has 1 aliphatic carbocycles. The highest BCUT2D eigenvalue weighted by Crippen LogP contribution is 2.18. The van der Waals surface area contributed by atoms with Crippen molar-refractivity contribution in [1.82, 2.24) is 15.3 Å². The van der Waals surface area contributed by atoms with Gasteiger partial charge in [-0.3, -0.25) is 9.59 Å². The first kappa shape index (κ1) is 17.8. The molecular formula is C19H23N5O2. The van der Waals surface area contributed by atoms with E-state index in [4.69, 9.17) is 0 Å². The lowest BCUT2D eigenvalue weighted by Crippen LogP contribution is -2.36. The number of hydrogen-bond acceptors (Lipinski definition) is 5. The van der Waals surface area contributed by atoms with Crippen LogP contribution in [0, 0.1) is 0 Å². The molecule has 0 spiro atoms. The molecule has 1 aliphatic rings. The van der Waals surface area contributed by atoms with Crippen LogP contribution < -0.4 is 16.0 Å². The highest BCUT2D eigenvalue weighted by molar-refractivity contribution is 5.93. The summed E-state index contributed by atoms with van der Waals surface area (Å²) >= 11 is 0. The molecule has 0 aliphatic heterocycles. The topological polar surface area (TPSA) is 96.0 Å². The third-order valence-electron chi connectivity index (χ3n) is 4.32. The minimum Gasteiger partial charge on any atom is -0.349 e. The van der Waals surface area contributed by atoms with Crippen molar-refractivity contribution in [2.45, 2.75) is 45.1 Å². The smallest absolute Gasteiger partial charge is 0.254 e. The van der Waals surface area contributed by atoms with E-state index in [1.165, 1.54) is 38.6 Å². The second kappa shape index (κ2) is 8.42. The Bertz CT molecular complexity index is 753. The van der Waals surface area contributed by atoms with Crippen LogP contribution in [0.15, 0.2) is 36.7 Å². The van der Waals surface area contributed by atoms with Crippen LogP contribution in [0.25, 0.3) is 0 Å². The summed E-state index contributed by atoms with van der Waals surface area (Å²) in [5.41, 5.74) is 1.97. The number of carbonyl (C=O) groups is 2. The summed E-state index contributed by atoms with van der Waals surface area (Å²) in [4.78, 5) is 31.7. The molecule has 3 N–H and O–H groups in total. The molecule has 0 atom stereocenters. The Labute approximate surface area is 152 Å². The number of benzene rings is 1. The molecule has 136 valence electrons. The second-order valence-corrected chi connectivity index (χ2v) is 6.49. The van der Waals surface area contributed by atoms with Crippen molar-refractivity contribution in [3.63, 3.8) is 0 Å². The second-order valence-electron chi connectivity index (χ2n) is 6.49. The molecule has 7 nitrogen and oxygen atoms in total. The lowest BCUT2D eigenvalue weighted by atomic mass is 9.95. The van der Waals surface area contributed by atoms with E-state index in [1.807, 2.05) is 12.1 Å². The van der Waals surface area contributed by atoms with E-state index in [9.17, 15) is 9.59 Å². The van der Waals surface area contributed by atoms with Gasteiger partial charge < -0.3 is 16.0 Å². The van der Waals surface area contributed by atoms with Crippen molar-refractivity contribution in [2.24, 2.45) is 0 Å². The van der Waals surface area contributed by atoms with Crippen LogP contribution >= 0.6 is 0 Å². The molecule has 7 heteroatoms. The van der Waals surface area contributed by atoms with Crippen molar-refractivity contribution in [2.75, 3.05) is 10.6 Å². The first-order valence-corrected chi connectivity index (χ1v) is 8.88. The number of amides is 2. The Morgan fingerprint density at radius 3 is 2.19 bits per heavy atom. The fourth-order valence-corrected chi connectivity index (χ4v) is 2.99. The van der Waals surface area contributed by atoms with Gasteiger partial charge in [0, 0.05) is 36.7 Å². The number of hydrogen-bond donors (Lipinski definition) is 3. The van der Waals surface area contributed by atoms with E-state index in [-0.39, 0.29) is 17.9 Å². The quantitative estimate of drug-likeness (QED) is 0.767. The van der Waals surface area contributed by atoms with E-state index < -0.39 is 0 Å². The maximum atomic E-state index is 12.3. The molecule has 26 heavy (non-hydrogen) atoms. The van der Waals surface area contributed by atoms with Gasteiger partial charge in [-0.1, -0.05) is 19.3 Å². The summed E-state index contributed by atoms with van der Waals surface area (Å²) in [6.07, 6.45) is 8.73. The Balaban J connectivity index is 1.56. The van der Waals surface area contributed by atoms with Gasteiger partial charge in [-0.15, -0.1) is 0 Å². The van der Waals surface area contributed by atoms with Gasteiger partial charge in [0.05, 0.1) is 5.56 Å². The standard InChI is InChI=1S/C19H23N5O2/c1-13(25)22-16-7-9-17(10-8-16)24-19-20-11-14(12-21-19)18(26)23-15-5-3-2-4-6-15/h7-12,15H,2-6H2,1H3,(H,22,25)(H,23,26)(H,20,21,24). The van der Waals surface area contributed by atoms with Crippen LogP contribution in [0.2, 0.25) is 0 Å². The summed E-state index contributed by atoms with van der Waals surface area (Å²) in [6, 6.07) is 7.47. The number of anilines is 3. The van der Waals surface area contributed by atoms with Gasteiger partial charge >= 0.3 is 0 Å². The zero-order valence-electron chi connectivity index (χ0n) is 14.8. The third kappa shape index (κ3) is 5.02. The summed E-state index contributed by atoms with van der Waals surface area (Å²) in [5.74, 6) is 0.172. The van der Waals surface area contributed by atoms with E-state index in [0.717, 1.165) is 24.2 Å². The zero-order valence-corrected chi connectivity index (χ0v) is 14.8. The van der Waals surface area contributed by atoms with Gasteiger partial charge in [0.25, 0.3) is 5.91 Å². The molecular weight excluding hydrogens is 330 g/mol. The monoisotopic (exact) mass is 353 g/mol. The van der Waals surface area contributed by atoms with E-state index in [1.54, 1.807) is 12.1 Å². The van der Waals surface area contributed by atoms with E-state index in [2.05, 4.69) is 25.9 Å². The minimum atomic E-state index is -0.122. The Kier molecular flexibility index (Phi) is 5.78. The van der Waals surface area contributed by atoms with Crippen LogP contribution in [-0.4, -0.2) is 27.8 Å². The molecule has 3 rings (SSSR count). The molecule has 1 fully saturated rings. The zero-order chi connectivity index (χ0) is 18.4. The summed E-state index contributed by atoms with van der Waals surface area (Å²) in [6.45, 7) is 1.46. The number of nitrogens with one attached hydrogen (secondary N) is 3. The lowest BCUT2D eigenvalue weighted by molar-refractivity contribution is -0.114. The molecule has 1 saturated carbocycles. The number of carbonyl (C=O) groups excluding carboxylic acids is 2. The highest BCUT2D eigenvalue weighted by atomic mass is 16.2. The van der Waals surface area contributed by atoms with Crippen molar-refractivity contribution in [3.8, 4) is 0 Å². The molecule has 1 heterocycles. The molecule has 2 aromatic rings. The molecule has 0 unspecified atom stereocenters. The van der Waals surface area contributed by atoms with Crippen molar-refractivity contribution < 1.29 is 9.59 Å². The van der Waals surface area contributed by atoms with Gasteiger partial charge in [0.15, 0.2) is 0 Å². The third-order valence-corrected chi connectivity index (χ3v) is 4.32. The van der Waals surface area contributed by atoms with Crippen LogP contribution in [0.3, 0.4) is 0 Å². The van der Waals surface area contributed by atoms with E-state index >= 15 is 0 Å². The largest absolute Gasteiger partial charge is 0.349 e. The first-order chi connectivity index (χ1) is 12.6. The maximum absolute atomic E-state index is 12.3. The molecule has 1 aromatic heterocycles. The minimum absolute atomic E-state index is 0.115. The van der Waals surface area contributed by atoms with Crippen molar-refractivity contribution in [1.29, 1.82) is 0 Å². The number of rotatable bonds is 5. The summed E-state index contributed by atoms with van der Waals surface area (Å²) < 4.78 is 0. The number of aromatic nitrogens is 2. The van der Waals surface area contributed by atoms with Crippen LogP contribution in [0.4, 0.5) is 17.3 Å². The molecule has 0 saturated heterocycles. The summed E-state index contributed by atoms with van der Waals surface area (Å²) in [5, 5.41) is 8.82. The van der Waals surface area contributed by atoms with Gasteiger partial charge in [0.2, 0.25) is 11.9 Å². The Morgan fingerprint density at radius 1 is 0.962 bits per heavy atom. The summed E-state index contributed by atoms with van der Waals surface area (Å²) in [7, 11) is 0. The first-order valence-electron chi connectivity index (χ1n) is 8.88. The fraction of sp³-hybridized carbons (Fsp3) is 0.368. The lowest BCUT2D eigenvalue weighted by Gasteiger charge is -2.22. The van der Waals surface area contributed by atoms with Gasteiger partial charge in [-0.25, -0.2) is 9.97 Å². The van der Waals surface area contributed by atoms with Crippen molar-refractivity contribution >= 4 is 29.1 Å². The Hall–Kier alpha value is -2.96. The van der Waals surface area contributed by atoms with E-state index in [0.29, 0.717) is 11.5 Å². The molecule has 2 amide bonds. The van der Waals surface area contributed by atoms with Crippen LogP contribution in [0.1, 0.15) is 49.4 Å². The normalized spacial score (nSPS) is 14.5. The molecule has 0 bridgehead atoms. The SMILES string of the molecule is CC(=O)Nc1ccc(Nc2ncc(C(=O)NC3CCCCC3)cn2)cc1. The van der Waals surface area contributed by atoms with Crippen molar-refractivity contribution in [3.05, 3.63) is 42.2 Å². The highest BCUT2D eigenvalue weighted by Gasteiger charge is 2.17. The predicted octanol–water partition coefficient (Wildman–Crippen LogP) is 3.24. The fourth-order valence-electron chi connectivity index (χ4n) is 2.99. The average Bonchev–Trinajstić information content (AvgIpc) is 2.64. The van der Waals surface area contributed by atoms with Gasteiger partial charge in [-0.2, -0.15) is 0 Å². The molecule has 1 aromatic carbocycles. The van der Waals surface area contributed by atoms with Crippen LogP contribution in [0.5, 0.6) is 0 Å². The average molecular weight is 353 g/mol. The van der Waals surface area contributed by atoms with Crippen LogP contribution in [-0.2, 0) is 4.79 Å². The molecule has 0 radical (unpaired) electrons. The maximum Gasteiger partial charge on any atom is 0.254 e. The number of nitrogens with zero attached hydrogens (tertiary/aromatic N) is 2. The van der Waals surface area contributed by atoms with Gasteiger partial charge in [-0.05, 0) is 37.1 Å². The predicted molar refractivity (Wildman–Crippen MR) is 100 cm³/mol.